The molecule has 0 radical (unpaired) electrons. The van der Waals surface area contributed by atoms with Gasteiger partial charge in [-0.3, -0.25) is 4.79 Å². The van der Waals surface area contributed by atoms with Crippen LogP contribution in [0.2, 0.25) is 0 Å². The van der Waals surface area contributed by atoms with E-state index in [1.54, 1.807) is 12.3 Å². The number of benzene rings is 1. The Kier molecular flexibility index (Phi) is 6.57. The van der Waals surface area contributed by atoms with E-state index in [-0.39, 0.29) is 5.78 Å². The number of morpholine rings is 1. The van der Waals surface area contributed by atoms with Crippen molar-refractivity contribution in [1.29, 1.82) is 0 Å². The summed E-state index contributed by atoms with van der Waals surface area (Å²) in [6.07, 6.45) is 6.19. The lowest BCUT2D eigenvalue weighted by molar-refractivity contribution is 0.0927. The zero-order chi connectivity index (χ0) is 20.1. The Bertz CT molecular complexity index is 807. The lowest BCUT2D eigenvalue weighted by Crippen LogP contribution is -2.36. The number of anilines is 1. The molecule has 0 amide bonds. The van der Waals surface area contributed by atoms with Gasteiger partial charge in [0.2, 0.25) is 0 Å². The highest BCUT2D eigenvalue weighted by Gasteiger charge is 2.22. The minimum atomic E-state index is -0.414. The standard InChI is InChI=1S/C24H30N2O3/c27-22(6-5-18-15-19-3-1-2-4-20(19)16-18)7-8-23(28)21-9-10-25-24(17-21)26-11-13-29-14-12-26/h1-4,9-10,17-18,22,27H,5-8,11-16H2. The summed E-state index contributed by atoms with van der Waals surface area (Å²) in [5, 5.41) is 10.4. The van der Waals surface area contributed by atoms with E-state index in [2.05, 4.69) is 34.1 Å². The molecule has 1 fully saturated rings. The van der Waals surface area contributed by atoms with Crippen molar-refractivity contribution in [3.63, 3.8) is 0 Å². The van der Waals surface area contributed by atoms with Crippen LogP contribution in [0.25, 0.3) is 0 Å². The molecule has 4 rings (SSSR count). The molecule has 5 heteroatoms. The van der Waals surface area contributed by atoms with E-state index >= 15 is 0 Å². The third-order valence-corrected chi connectivity index (χ3v) is 6.15. The van der Waals surface area contributed by atoms with Crippen molar-refractivity contribution in [1.82, 2.24) is 4.98 Å². The van der Waals surface area contributed by atoms with Crippen molar-refractivity contribution < 1.29 is 14.6 Å². The van der Waals surface area contributed by atoms with Crippen molar-refractivity contribution in [2.75, 3.05) is 31.2 Å². The first-order valence-corrected chi connectivity index (χ1v) is 10.8. The summed E-state index contributed by atoms with van der Waals surface area (Å²) >= 11 is 0. The molecule has 1 aromatic heterocycles. The molecule has 2 aliphatic rings. The zero-order valence-corrected chi connectivity index (χ0v) is 16.9. The summed E-state index contributed by atoms with van der Waals surface area (Å²) in [6, 6.07) is 12.3. The number of carbonyl (C=O) groups is 1. The smallest absolute Gasteiger partial charge is 0.163 e. The number of ketones is 1. The fraction of sp³-hybridized carbons (Fsp3) is 0.500. The van der Waals surface area contributed by atoms with Crippen LogP contribution in [0.5, 0.6) is 0 Å². The van der Waals surface area contributed by atoms with Gasteiger partial charge in [0.25, 0.3) is 0 Å². The molecule has 154 valence electrons. The van der Waals surface area contributed by atoms with Crippen LogP contribution in [-0.4, -0.2) is 48.3 Å². The van der Waals surface area contributed by atoms with Gasteiger partial charge in [0.15, 0.2) is 5.78 Å². The predicted octanol–water partition coefficient (Wildman–Crippen LogP) is 3.44. The molecule has 1 aliphatic heterocycles. The topological polar surface area (TPSA) is 62.7 Å². The Hall–Kier alpha value is -2.24. The number of aliphatic hydroxyl groups excluding tert-OH is 1. The average Bonchev–Trinajstić information content (AvgIpc) is 3.20. The van der Waals surface area contributed by atoms with E-state index < -0.39 is 6.10 Å². The maximum Gasteiger partial charge on any atom is 0.163 e. The van der Waals surface area contributed by atoms with Gasteiger partial charge in [-0.05, 0) is 61.3 Å². The number of rotatable bonds is 8. The number of aliphatic hydroxyl groups is 1. The second-order valence-electron chi connectivity index (χ2n) is 8.24. The predicted molar refractivity (Wildman–Crippen MR) is 113 cm³/mol. The Morgan fingerprint density at radius 2 is 1.86 bits per heavy atom. The minimum Gasteiger partial charge on any atom is -0.393 e. The van der Waals surface area contributed by atoms with Gasteiger partial charge in [-0.15, -0.1) is 0 Å². The monoisotopic (exact) mass is 394 g/mol. The first kappa shape index (κ1) is 20.0. The highest BCUT2D eigenvalue weighted by Crippen LogP contribution is 2.30. The number of ether oxygens (including phenoxy) is 1. The van der Waals surface area contributed by atoms with Gasteiger partial charge in [0.1, 0.15) is 5.82 Å². The molecule has 2 heterocycles. The quantitative estimate of drug-likeness (QED) is 0.695. The highest BCUT2D eigenvalue weighted by molar-refractivity contribution is 5.96. The van der Waals surface area contributed by atoms with E-state index in [0.717, 1.165) is 44.6 Å². The molecule has 0 bridgehead atoms. The van der Waals surface area contributed by atoms with Crippen LogP contribution in [-0.2, 0) is 17.6 Å². The van der Waals surface area contributed by atoms with Gasteiger partial charge in [-0.1, -0.05) is 24.3 Å². The lowest BCUT2D eigenvalue weighted by Gasteiger charge is -2.27. The molecule has 1 unspecified atom stereocenters. The van der Waals surface area contributed by atoms with Crippen molar-refractivity contribution in [2.24, 2.45) is 5.92 Å². The maximum atomic E-state index is 12.6. The van der Waals surface area contributed by atoms with Gasteiger partial charge in [-0.2, -0.15) is 0 Å². The fourth-order valence-corrected chi connectivity index (χ4v) is 4.43. The number of hydrogen-bond acceptors (Lipinski definition) is 5. The molecule has 0 spiro atoms. The number of aromatic nitrogens is 1. The lowest BCUT2D eigenvalue weighted by atomic mass is 9.95. The van der Waals surface area contributed by atoms with Gasteiger partial charge in [0, 0.05) is 31.3 Å². The molecule has 1 atom stereocenters. The summed E-state index contributed by atoms with van der Waals surface area (Å²) in [5.74, 6) is 1.53. The van der Waals surface area contributed by atoms with Crippen LogP contribution < -0.4 is 4.90 Å². The summed E-state index contributed by atoms with van der Waals surface area (Å²) < 4.78 is 5.38. The first-order valence-electron chi connectivity index (χ1n) is 10.8. The molecular formula is C24H30N2O3. The summed E-state index contributed by atoms with van der Waals surface area (Å²) in [6.45, 7) is 2.99. The van der Waals surface area contributed by atoms with Gasteiger partial charge in [0.05, 0.1) is 19.3 Å². The van der Waals surface area contributed by atoms with Crippen molar-refractivity contribution in [2.45, 2.75) is 44.6 Å². The van der Waals surface area contributed by atoms with Crippen LogP contribution in [0.4, 0.5) is 5.82 Å². The Balaban J connectivity index is 1.22. The van der Waals surface area contributed by atoms with Crippen LogP contribution in [0.3, 0.4) is 0 Å². The van der Waals surface area contributed by atoms with E-state index in [1.165, 1.54) is 11.1 Å². The number of pyridine rings is 1. The number of nitrogens with zero attached hydrogens (tertiary/aromatic N) is 2. The Morgan fingerprint density at radius 1 is 1.14 bits per heavy atom. The van der Waals surface area contributed by atoms with E-state index in [0.29, 0.717) is 37.5 Å². The van der Waals surface area contributed by atoms with Crippen LogP contribution in [0.1, 0.15) is 47.2 Å². The molecule has 29 heavy (non-hydrogen) atoms. The minimum absolute atomic E-state index is 0.0780. The molecule has 1 aliphatic carbocycles. The number of hydrogen-bond donors (Lipinski definition) is 1. The summed E-state index contributed by atoms with van der Waals surface area (Å²) in [7, 11) is 0. The van der Waals surface area contributed by atoms with Crippen LogP contribution in [0, 0.1) is 5.92 Å². The number of Topliss-reactive ketones (excluding diaryl/α,β-unsaturated/α-hetero) is 1. The van der Waals surface area contributed by atoms with E-state index in [9.17, 15) is 9.90 Å². The molecule has 1 saturated heterocycles. The van der Waals surface area contributed by atoms with E-state index in [4.69, 9.17) is 4.74 Å². The maximum absolute atomic E-state index is 12.6. The Morgan fingerprint density at radius 3 is 2.59 bits per heavy atom. The number of fused-ring (bicyclic) bond motifs is 1. The summed E-state index contributed by atoms with van der Waals surface area (Å²) in [4.78, 5) is 19.2. The molecular weight excluding hydrogens is 364 g/mol. The zero-order valence-electron chi connectivity index (χ0n) is 16.9. The van der Waals surface area contributed by atoms with Gasteiger partial charge < -0.3 is 14.7 Å². The van der Waals surface area contributed by atoms with Crippen molar-refractivity contribution in [3.05, 3.63) is 59.3 Å². The average molecular weight is 395 g/mol. The SMILES string of the molecule is O=C(CCC(O)CCC1Cc2ccccc2C1)c1ccnc(N2CCOCC2)c1. The second-order valence-corrected chi connectivity index (χ2v) is 8.24. The molecule has 0 saturated carbocycles. The van der Waals surface area contributed by atoms with Gasteiger partial charge >= 0.3 is 0 Å². The molecule has 5 nitrogen and oxygen atoms in total. The van der Waals surface area contributed by atoms with Gasteiger partial charge in [-0.25, -0.2) is 4.98 Å². The highest BCUT2D eigenvalue weighted by atomic mass is 16.5. The fourth-order valence-electron chi connectivity index (χ4n) is 4.43. The molecule has 2 aromatic rings. The van der Waals surface area contributed by atoms with Crippen LogP contribution >= 0.6 is 0 Å². The largest absolute Gasteiger partial charge is 0.393 e. The molecule has 1 N–H and O–H groups in total. The normalized spacial score (nSPS) is 17.9. The van der Waals surface area contributed by atoms with Crippen molar-refractivity contribution in [3.8, 4) is 0 Å². The third kappa shape index (κ3) is 5.22. The molecule has 1 aromatic carbocycles. The van der Waals surface area contributed by atoms with Crippen LogP contribution in [0.15, 0.2) is 42.6 Å². The Labute approximate surface area is 172 Å². The number of carbonyl (C=O) groups excluding carboxylic acids is 1. The summed E-state index contributed by atoms with van der Waals surface area (Å²) in [5.41, 5.74) is 3.59. The van der Waals surface area contributed by atoms with E-state index in [1.807, 2.05) is 6.07 Å². The first-order chi connectivity index (χ1) is 14.2. The third-order valence-electron chi connectivity index (χ3n) is 6.15. The van der Waals surface area contributed by atoms with Crippen molar-refractivity contribution >= 4 is 11.6 Å². The second kappa shape index (κ2) is 9.51.